The fraction of sp³-hybridized carbons (Fsp3) is 0.316. The molecule has 2 aromatic carbocycles. The highest BCUT2D eigenvalue weighted by molar-refractivity contribution is 7.89. The normalized spacial score (nSPS) is 16.0. The van der Waals surface area contributed by atoms with Gasteiger partial charge in [0, 0.05) is 5.02 Å². The van der Waals surface area contributed by atoms with Crippen molar-refractivity contribution in [2.24, 2.45) is 5.92 Å². The van der Waals surface area contributed by atoms with Crippen molar-refractivity contribution < 1.29 is 31.9 Å². The lowest BCUT2D eigenvalue weighted by Crippen LogP contribution is -2.52. The van der Waals surface area contributed by atoms with E-state index in [1.807, 2.05) is 0 Å². The molecule has 1 aliphatic rings. The molecule has 1 aliphatic heterocycles. The fourth-order valence-electron chi connectivity index (χ4n) is 3.26. The van der Waals surface area contributed by atoms with E-state index in [-0.39, 0.29) is 5.75 Å². The molecule has 1 fully saturated rings. The van der Waals surface area contributed by atoms with Gasteiger partial charge in [-0.1, -0.05) is 11.6 Å². The molecule has 0 radical (unpaired) electrons. The largest absolute Gasteiger partial charge is 0.451 e. The number of nitrogens with one attached hydrogen (secondary N) is 3. The molecule has 2 aromatic rings. The van der Waals surface area contributed by atoms with Crippen molar-refractivity contribution in [1.82, 2.24) is 15.5 Å². The zero-order chi connectivity index (χ0) is 22.6. The van der Waals surface area contributed by atoms with Crippen molar-refractivity contribution >= 4 is 27.5 Å². The summed E-state index contributed by atoms with van der Waals surface area (Å²) in [4.78, 5) is 11.3. The van der Waals surface area contributed by atoms with Crippen LogP contribution in [-0.2, 0) is 14.8 Å². The molecule has 1 atom stereocenters. The lowest BCUT2D eigenvalue weighted by molar-refractivity contribution is -0.132. The van der Waals surface area contributed by atoms with Crippen LogP contribution in [0, 0.1) is 17.6 Å². The molecule has 12 heteroatoms. The number of carbonyl (C=O) groups excluding carboxylic acids is 1. The summed E-state index contributed by atoms with van der Waals surface area (Å²) in [6.45, 7) is 1.11. The quantitative estimate of drug-likeness (QED) is 0.361. The van der Waals surface area contributed by atoms with Gasteiger partial charge in [0.15, 0.2) is 17.4 Å². The zero-order valence-corrected chi connectivity index (χ0v) is 17.6. The molecular formula is C19H20ClF2N3O5S. The molecule has 0 bridgehead atoms. The number of halogens is 3. The highest BCUT2D eigenvalue weighted by Gasteiger charge is 2.34. The van der Waals surface area contributed by atoms with E-state index in [0.29, 0.717) is 43.1 Å². The van der Waals surface area contributed by atoms with Crippen LogP contribution in [0.2, 0.25) is 5.02 Å². The van der Waals surface area contributed by atoms with Crippen molar-refractivity contribution in [1.29, 1.82) is 0 Å². The van der Waals surface area contributed by atoms with Crippen LogP contribution in [-0.4, -0.2) is 38.7 Å². The maximum atomic E-state index is 14.5. The minimum Gasteiger partial charge on any atom is -0.451 e. The average molecular weight is 476 g/mol. The molecule has 0 aromatic heterocycles. The van der Waals surface area contributed by atoms with E-state index in [9.17, 15) is 22.0 Å². The number of amides is 1. The number of hydrogen-bond donors (Lipinski definition) is 4. The Hall–Kier alpha value is -2.31. The van der Waals surface area contributed by atoms with E-state index >= 15 is 0 Å². The first kappa shape index (κ1) is 23.4. The van der Waals surface area contributed by atoms with E-state index in [4.69, 9.17) is 21.5 Å². The van der Waals surface area contributed by atoms with Crippen LogP contribution in [0.15, 0.2) is 41.3 Å². The number of sulfonamides is 1. The Morgan fingerprint density at radius 2 is 1.74 bits per heavy atom. The van der Waals surface area contributed by atoms with Crippen LogP contribution in [0.3, 0.4) is 0 Å². The number of hydroxylamine groups is 1. The van der Waals surface area contributed by atoms with E-state index < -0.39 is 50.2 Å². The highest BCUT2D eigenvalue weighted by atomic mass is 35.5. The van der Waals surface area contributed by atoms with Gasteiger partial charge < -0.3 is 10.1 Å². The molecule has 1 unspecified atom stereocenters. The maximum Gasteiger partial charge on any atom is 0.261 e. The Morgan fingerprint density at radius 3 is 2.29 bits per heavy atom. The van der Waals surface area contributed by atoms with Gasteiger partial charge in [-0.15, -0.1) is 0 Å². The number of hydrogen-bond acceptors (Lipinski definition) is 6. The van der Waals surface area contributed by atoms with E-state index in [1.165, 1.54) is 29.7 Å². The second-order valence-corrected chi connectivity index (χ2v) is 9.08. The van der Waals surface area contributed by atoms with E-state index in [0.717, 1.165) is 0 Å². The minimum atomic E-state index is -4.50. The summed E-state index contributed by atoms with van der Waals surface area (Å²) in [6.07, 6.45) is 0.939. The average Bonchev–Trinajstić information content (AvgIpc) is 2.76. The third-order valence-electron chi connectivity index (χ3n) is 4.85. The zero-order valence-electron chi connectivity index (χ0n) is 16.1. The van der Waals surface area contributed by atoms with Gasteiger partial charge in [0.25, 0.3) is 5.91 Å². The SMILES string of the molecule is O=C(NO)C(NS(=O)(=O)c1cc(F)c(Oc2ccc(Cl)cc2)c(F)c1)C1CCNCC1. The summed E-state index contributed by atoms with van der Waals surface area (Å²) in [5.41, 5.74) is 1.44. The monoisotopic (exact) mass is 475 g/mol. The predicted molar refractivity (Wildman–Crippen MR) is 108 cm³/mol. The van der Waals surface area contributed by atoms with Crippen LogP contribution in [0.4, 0.5) is 8.78 Å². The second-order valence-electron chi connectivity index (χ2n) is 6.93. The maximum absolute atomic E-state index is 14.5. The summed E-state index contributed by atoms with van der Waals surface area (Å²) in [5, 5.41) is 12.5. The number of benzene rings is 2. The van der Waals surface area contributed by atoms with Crippen LogP contribution in [0.25, 0.3) is 0 Å². The Bertz CT molecular complexity index is 1020. The molecular weight excluding hydrogens is 456 g/mol. The number of rotatable bonds is 7. The molecule has 1 amide bonds. The fourth-order valence-corrected chi connectivity index (χ4v) is 4.67. The van der Waals surface area contributed by atoms with Crippen molar-refractivity contribution in [3.8, 4) is 11.5 Å². The first-order valence-electron chi connectivity index (χ1n) is 9.30. The van der Waals surface area contributed by atoms with Crippen molar-refractivity contribution in [2.45, 2.75) is 23.8 Å². The van der Waals surface area contributed by atoms with E-state index in [1.54, 1.807) is 0 Å². The molecule has 1 saturated heterocycles. The standard InChI is InChI=1S/C19H20ClF2N3O5S/c20-12-1-3-13(4-2-12)30-18-15(21)9-14(10-16(18)22)31(28,29)25-17(19(26)24-27)11-5-7-23-8-6-11/h1-4,9-11,17,23,25,27H,5-8H2,(H,24,26). The summed E-state index contributed by atoms with van der Waals surface area (Å²) in [7, 11) is -4.50. The van der Waals surface area contributed by atoms with Crippen molar-refractivity contribution in [2.75, 3.05) is 13.1 Å². The number of piperidine rings is 1. The molecule has 0 saturated carbocycles. The number of ether oxygens (including phenoxy) is 1. The molecule has 31 heavy (non-hydrogen) atoms. The lowest BCUT2D eigenvalue weighted by atomic mass is 9.90. The summed E-state index contributed by atoms with van der Waals surface area (Å²) in [5.74, 6) is -4.56. The molecule has 1 heterocycles. The van der Waals surface area contributed by atoms with Gasteiger partial charge in [-0.2, -0.15) is 4.72 Å². The first-order valence-corrected chi connectivity index (χ1v) is 11.2. The van der Waals surface area contributed by atoms with Crippen LogP contribution in [0.5, 0.6) is 11.5 Å². The Balaban J connectivity index is 1.86. The number of carbonyl (C=O) groups is 1. The van der Waals surface area contributed by atoms with Crippen molar-refractivity contribution in [3.05, 3.63) is 53.1 Å². The Kier molecular flexibility index (Phi) is 7.44. The lowest BCUT2D eigenvalue weighted by Gasteiger charge is -2.29. The summed E-state index contributed by atoms with van der Waals surface area (Å²) in [6, 6.07) is 5.58. The molecule has 4 N–H and O–H groups in total. The molecule has 168 valence electrons. The van der Waals surface area contributed by atoms with Gasteiger partial charge in [-0.05, 0) is 68.2 Å². The van der Waals surface area contributed by atoms with Gasteiger partial charge in [-0.25, -0.2) is 22.7 Å². The van der Waals surface area contributed by atoms with Crippen molar-refractivity contribution in [3.63, 3.8) is 0 Å². The summed E-state index contributed by atoms with van der Waals surface area (Å²) < 4.78 is 61.8. The Morgan fingerprint density at radius 1 is 1.16 bits per heavy atom. The Labute approximate surface area is 182 Å². The topological polar surface area (TPSA) is 117 Å². The molecule has 0 aliphatic carbocycles. The van der Waals surface area contributed by atoms with Gasteiger partial charge in [-0.3, -0.25) is 10.0 Å². The third-order valence-corrected chi connectivity index (χ3v) is 6.52. The van der Waals surface area contributed by atoms with Crippen LogP contribution >= 0.6 is 11.6 Å². The first-order chi connectivity index (χ1) is 14.7. The van der Waals surface area contributed by atoms with Crippen LogP contribution < -0.4 is 20.3 Å². The van der Waals surface area contributed by atoms with Gasteiger partial charge in [0.05, 0.1) is 4.90 Å². The second kappa shape index (κ2) is 9.88. The third kappa shape index (κ3) is 5.69. The highest BCUT2D eigenvalue weighted by Crippen LogP contribution is 2.31. The van der Waals surface area contributed by atoms with Gasteiger partial charge in [0.1, 0.15) is 11.8 Å². The van der Waals surface area contributed by atoms with E-state index in [2.05, 4.69) is 10.0 Å². The predicted octanol–water partition coefficient (Wildman–Crippen LogP) is 2.56. The summed E-state index contributed by atoms with van der Waals surface area (Å²) >= 11 is 5.75. The minimum absolute atomic E-state index is 0.0986. The molecule has 3 rings (SSSR count). The van der Waals surface area contributed by atoms with Gasteiger partial charge in [0.2, 0.25) is 10.0 Å². The molecule has 0 spiro atoms. The smallest absolute Gasteiger partial charge is 0.261 e. The molecule has 8 nitrogen and oxygen atoms in total. The van der Waals surface area contributed by atoms with Gasteiger partial charge >= 0.3 is 0 Å². The van der Waals surface area contributed by atoms with Crippen LogP contribution in [0.1, 0.15) is 12.8 Å².